The summed E-state index contributed by atoms with van der Waals surface area (Å²) in [6.45, 7) is 2.94. The third kappa shape index (κ3) is 4.37. The van der Waals surface area contributed by atoms with E-state index in [1.165, 1.54) is 30.4 Å². The van der Waals surface area contributed by atoms with Crippen molar-refractivity contribution in [2.24, 2.45) is 0 Å². The molecule has 4 nitrogen and oxygen atoms in total. The number of H-pyrrole nitrogens is 1. The summed E-state index contributed by atoms with van der Waals surface area (Å²) >= 11 is 3.49. The number of fused-ring (bicyclic) bond motifs is 1. The van der Waals surface area contributed by atoms with E-state index >= 15 is 0 Å². The average molecular weight is 418 g/mol. The molecule has 1 aliphatic heterocycles. The van der Waals surface area contributed by atoms with E-state index in [4.69, 9.17) is 0 Å². The van der Waals surface area contributed by atoms with Gasteiger partial charge in [0, 0.05) is 47.1 Å². The number of carbonyl (C=O) groups excluding carboxylic acids is 1. The number of aromatic nitrogens is 2. The number of nitrogens with zero attached hydrogens (tertiary/aromatic N) is 1. The monoisotopic (exact) mass is 417 g/mol. The van der Waals surface area contributed by atoms with Crippen LogP contribution in [0.1, 0.15) is 73.0 Å². The van der Waals surface area contributed by atoms with E-state index in [9.17, 15) is 4.79 Å². The van der Waals surface area contributed by atoms with Crippen molar-refractivity contribution in [2.45, 2.75) is 57.8 Å². The van der Waals surface area contributed by atoms with Crippen LogP contribution in [0.2, 0.25) is 0 Å². The lowest BCUT2D eigenvalue weighted by atomic mass is 9.92. The zero-order valence-corrected chi connectivity index (χ0v) is 17.1. The lowest BCUT2D eigenvalue weighted by Gasteiger charge is -2.23. The summed E-state index contributed by atoms with van der Waals surface area (Å²) in [6.07, 6.45) is 11.9. The first-order valence-corrected chi connectivity index (χ1v) is 10.9. The first-order chi connectivity index (χ1) is 12.7. The Balaban J connectivity index is 1.85. The highest BCUT2D eigenvalue weighted by Gasteiger charge is 2.28. The second kappa shape index (κ2) is 9.36. The highest BCUT2D eigenvalue weighted by atomic mass is 79.9. The third-order valence-corrected chi connectivity index (χ3v) is 5.75. The molecule has 0 saturated heterocycles. The predicted octanol–water partition coefficient (Wildman–Crippen LogP) is 5.20. The van der Waals surface area contributed by atoms with Gasteiger partial charge in [-0.05, 0) is 43.4 Å². The summed E-state index contributed by atoms with van der Waals surface area (Å²) in [7, 11) is 0. The predicted molar refractivity (Wildman–Crippen MR) is 110 cm³/mol. The number of hydrogen-bond donors (Lipinski definition) is 2. The van der Waals surface area contributed by atoms with Gasteiger partial charge >= 0.3 is 0 Å². The average Bonchev–Trinajstić information content (AvgIpc) is 3.11. The second-order valence-corrected chi connectivity index (χ2v) is 7.89. The van der Waals surface area contributed by atoms with Crippen LogP contribution in [-0.2, 0) is 6.42 Å². The molecule has 26 heavy (non-hydrogen) atoms. The SMILES string of the molecule is CCCCc1cnccc1-c1cc2c([nH]1)C(CCCCCBr)CNC2=O. The standard InChI is InChI=1S/C21H28BrN3O/c1-2-3-7-15-13-23-11-9-17(15)19-12-18-20(25-19)16(14-24-21(18)26)8-5-4-6-10-22/h9,11-13,16,25H,2-8,10,14H2,1H3,(H,24,26). The van der Waals surface area contributed by atoms with Gasteiger partial charge in [-0.3, -0.25) is 9.78 Å². The van der Waals surface area contributed by atoms with Crippen molar-refractivity contribution in [3.8, 4) is 11.3 Å². The molecule has 0 fully saturated rings. The van der Waals surface area contributed by atoms with Gasteiger partial charge in [0.2, 0.25) is 0 Å². The molecule has 2 aromatic heterocycles. The number of hydrogen-bond acceptors (Lipinski definition) is 2. The fraction of sp³-hybridized carbons (Fsp3) is 0.524. The number of aryl methyl sites for hydroxylation is 1. The van der Waals surface area contributed by atoms with Crippen molar-refractivity contribution in [2.75, 3.05) is 11.9 Å². The number of pyridine rings is 1. The van der Waals surface area contributed by atoms with Crippen molar-refractivity contribution in [3.63, 3.8) is 0 Å². The van der Waals surface area contributed by atoms with Crippen molar-refractivity contribution in [1.82, 2.24) is 15.3 Å². The maximum atomic E-state index is 12.4. The zero-order chi connectivity index (χ0) is 18.4. The van der Waals surface area contributed by atoms with Crippen molar-refractivity contribution < 1.29 is 4.79 Å². The number of halogens is 1. The van der Waals surface area contributed by atoms with E-state index < -0.39 is 0 Å². The van der Waals surface area contributed by atoms with E-state index in [-0.39, 0.29) is 5.91 Å². The van der Waals surface area contributed by atoms with E-state index in [1.54, 1.807) is 0 Å². The van der Waals surface area contributed by atoms with Crippen LogP contribution in [0.25, 0.3) is 11.3 Å². The molecule has 2 aromatic rings. The Morgan fingerprint density at radius 1 is 1.23 bits per heavy atom. The summed E-state index contributed by atoms with van der Waals surface area (Å²) in [4.78, 5) is 20.2. The minimum atomic E-state index is 0.0448. The molecule has 0 bridgehead atoms. The molecular weight excluding hydrogens is 390 g/mol. The molecule has 2 N–H and O–H groups in total. The van der Waals surface area contributed by atoms with Crippen LogP contribution in [0.15, 0.2) is 24.5 Å². The molecule has 5 heteroatoms. The normalized spacial score (nSPS) is 16.4. The first-order valence-electron chi connectivity index (χ1n) is 9.75. The quantitative estimate of drug-likeness (QED) is 0.434. The van der Waals surface area contributed by atoms with E-state index in [1.807, 2.05) is 18.5 Å². The largest absolute Gasteiger partial charge is 0.357 e. The third-order valence-electron chi connectivity index (χ3n) is 5.19. The van der Waals surface area contributed by atoms with Gasteiger partial charge in [-0.2, -0.15) is 0 Å². The van der Waals surface area contributed by atoms with Crippen molar-refractivity contribution >= 4 is 21.8 Å². The fourth-order valence-corrected chi connectivity index (χ4v) is 4.10. The van der Waals surface area contributed by atoms with Crippen LogP contribution in [0.5, 0.6) is 0 Å². The van der Waals surface area contributed by atoms with Gasteiger partial charge in [0.15, 0.2) is 0 Å². The Bertz CT molecular complexity index is 741. The van der Waals surface area contributed by atoms with Crippen LogP contribution in [0.4, 0.5) is 0 Å². The number of alkyl halides is 1. The summed E-state index contributed by atoms with van der Waals surface area (Å²) < 4.78 is 0. The Morgan fingerprint density at radius 3 is 2.92 bits per heavy atom. The second-order valence-electron chi connectivity index (χ2n) is 7.09. The highest BCUT2D eigenvalue weighted by molar-refractivity contribution is 9.09. The van der Waals surface area contributed by atoms with Crippen LogP contribution < -0.4 is 5.32 Å². The van der Waals surface area contributed by atoms with E-state index in [2.05, 4.69) is 44.2 Å². The highest BCUT2D eigenvalue weighted by Crippen LogP contribution is 2.33. The molecule has 1 amide bonds. The summed E-state index contributed by atoms with van der Waals surface area (Å²) in [5.41, 5.74) is 5.40. The van der Waals surface area contributed by atoms with E-state index in [0.717, 1.165) is 54.5 Å². The van der Waals surface area contributed by atoms with Gasteiger partial charge in [-0.25, -0.2) is 0 Å². The minimum absolute atomic E-state index is 0.0448. The summed E-state index contributed by atoms with van der Waals surface area (Å²) in [5.74, 6) is 0.427. The molecule has 0 aliphatic carbocycles. The maximum absolute atomic E-state index is 12.4. The smallest absolute Gasteiger partial charge is 0.253 e. The Morgan fingerprint density at radius 2 is 2.12 bits per heavy atom. The van der Waals surface area contributed by atoms with Crippen molar-refractivity contribution in [1.29, 1.82) is 0 Å². The number of nitrogens with one attached hydrogen (secondary N) is 2. The molecule has 0 radical (unpaired) electrons. The molecule has 0 aromatic carbocycles. The maximum Gasteiger partial charge on any atom is 0.253 e. The van der Waals surface area contributed by atoms with Gasteiger partial charge in [0.05, 0.1) is 5.56 Å². The van der Waals surface area contributed by atoms with Crippen LogP contribution in [-0.4, -0.2) is 27.7 Å². The van der Waals surface area contributed by atoms with E-state index in [0.29, 0.717) is 5.92 Å². The summed E-state index contributed by atoms with van der Waals surface area (Å²) in [6, 6.07) is 4.09. The molecule has 1 atom stereocenters. The zero-order valence-electron chi connectivity index (χ0n) is 15.5. The van der Waals surface area contributed by atoms with Crippen molar-refractivity contribution in [3.05, 3.63) is 41.3 Å². The molecule has 0 saturated carbocycles. The number of amides is 1. The number of aromatic amines is 1. The summed E-state index contributed by atoms with van der Waals surface area (Å²) in [5, 5.41) is 4.13. The van der Waals surface area contributed by atoms with Gasteiger partial charge in [0.25, 0.3) is 5.91 Å². The van der Waals surface area contributed by atoms with Gasteiger partial charge < -0.3 is 10.3 Å². The molecule has 1 aliphatic rings. The lowest BCUT2D eigenvalue weighted by molar-refractivity contribution is 0.0939. The van der Waals surface area contributed by atoms with Gasteiger partial charge in [0.1, 0.15) is 0 Å². The molecule has 1 unspecified atom stereocenters. The molecule has 0 spiro atoms. The topological polar surface area (TPSA) is 57.8 Å². The minimum Gasteiger partial charge on any atom is -0.357 e. The van der Waals surface area contributed by atoms with Gasteiger partial charge in [-0.1, -0.05) is 42.1 Å². The Kier molecular flexibility index (Phi) is 6.89. The molecule has 140 valence electrons. The van der Waals surface area contributed by atoms with Crippen LogP contribution in [0, 0.1) is 0 Å². The Hall–Kier alpha value is -1.62. The number of rotatable bonds is 9. The first kappa shape index (κ1) is 19.2. The van der Waals surface area contributed by atoms with Crippen LogP contribution in [0.3, 0.4) is 0 Å². The Labute approximate surface area is 164 Å². The lowest BCUT2D eigenvalue weighted by Crippen LogP contribution is -2.34. The number of unbranched alkanes of at least 4 members (excludes halogenated alkanes) is 3. The molecule has 3 rings (SSSR count). The molecule has 3 heterocycles. The van der Waals surface area contributed by atoms with Gasteiger partial charge in [-0.15, -0.1) is 0 Å². The molecular formula is C21H28BrN3O. The number of carbonyl (C=O) groups is 1. The fourth-order valence-electron chi connectivity index (χ4n) is 3.70. The van der Waals surface area contributed by atoms with Crippen LogP contribution >= 0.6 is 15.9 Å².